The lowest BCUT2D eigenvalue weighted by molar-refractivity contribution is 0.0697. The number of hydrogen-bond donors (Lipinski definition) is 1. The molecule has 1 aromatic carbocycles. The van der Waals surface area contributed by atoms with Gasteiger partial charge >= 0.3 is 0 Å². The number of ether oxygens (including phenoxy) is 1. The number of carbonyl (C=O) groups excluding carboxylic acids is 2. The summed E-state index contributed by atoms with van der Waals surface area (Å²) in [6.45, 7) is 4.24. The molecule has 2 aromatic rings. The van der Waals surface area contributed by atoms with Crippen molar-refractivity contribution in [2.24, 2.45) is 5.92 Å². The van der Waals surface area contributed by atoms with Gasteiger partial charge in [0.2, 0.25) is 0 Å². The molecule has 28 heavy (non-hydrogen) atoms. The highest BCUT2D eigenvalue weighted by atomic mass is 16.5. The first-order valence-corrected chi connectivity index (χ1v) is 9.72. The molecule has 1 N–H and O–H groups in total. The van der Waals surface area contributed by atoms with Crippen LogP contribution < -0.4 is 10.1 Å². The smallest absolute Gasteiger partial charge is 0.255 e. The molecule has 1 aliphatic heterocycles. The first kappa shape index (κ1) is 19.9. The molecule has 6 heteroatoms. The van der Waals surface area contributed by atoms with Crippen LogP contribution in [0.15, 0.2) is 42.7 Å². The average molecular weight is 381 g/mol. The Hall–Kier alpha value is -2.89. The van der Waals surface area contributed by atoms with Crippen LogP contribution in [-0.2, 0) is 6.42 Å². The van der Waals surface area contributed by atoms with Crippen LogP contribution in [-0.4, -0.2) is 48.4 Å². The van der Waals surface area contributed by atoms with Crippen LogP contribution in [0.5, 0.6) is 5.75 Å². The maximum Gasteiger partial charge on any atom is 0.255 e. The highest BCUT2D eigenvalue weighted by Crippen LogP contribution is 2.18. The predicted octanol–water partition coefficient (Wildman–Crippen LogP) is 2.93. The van der Waals surface area contributed by atoms with Crippen LogP contribution >= 0.6 is 0 Å². The molecule has 0 unspecified atom stereocenters. The molecule has 148 valence electrons. The minimum absolute atomic E-state index is 0.0488. The maximum atomic E-state index is 12.7. The maximum absolute atomic E-state index is 12.7. The summed E-state index contributed by atoms with van der Waals surface area (Å²) in [6.07, 6.45) is 5.79. The third kappa shape index (κ3) is 5.09. The third-order valence-electron chi connectivity index (χ3n) is 5.18. The van der Waals surface area contributed by atoms with E-state index in [-0.39, 0.29) is 11.8 Å². The Balaban J connectivity index is 1.55. The Morgan fingerprint density at radius 1 is 1.14 bits per heavy atom. The van der Waals surface area contributed by atoms with Crippen molar-refractivity contribution in [3.8, 4) is 5.75 Å². The van der Waals surface area contributed by atoms with Crippen LogP contribution in [0, 0.1) is 5.92 Å². The number of benzene rings is 1. The van der Waals surface area contributed by atoms with Crippen molar-refractivity contribution in [3.63, 3.8) is 0 Å². The number of amides is 2. The van der Waals surface area contributed by atoms with Crippen LogP contribution in [0.2, 0.25) is 0 Å². The minimum Gasteiger partial charge on any atom is -0.497 e. The molecule has 0 atom stereocenters. The van der Waals surface area contributed by atoms with Gasteiger partial charge in [0.25, 0.3) is 11.8 Å². The van der Waals surface area contributed by atoms with Gasteiger partial charge in [0.05, 0.1) is 18.2 Å². The fourth-order valence-corrected chi connectivity index (χ4v) is 3.29. The minimum atomic E-state index is -0.220. The first-order valence-electron chi connectivity index (χ1n) is 9.72. The van der Waals surface area contributed by atoms with E-state index in [0.717, 1.165) is 37.2 Å². The van der Waals surface area contributed by atoms with Crippen LogP contribution in [0.1, 0.15) is 46.0 Å². The lowest BCUT2D eigenvalue weighted by Crippen LogP contribution is -2.38. The van der Waals surface area contributed by atoms with Crippen LogP contribution in [0.4, 0.5) is 0 Å². The number of nitrogens with one attached hydrogen (secondary N) is 1. The third-order valence-corrected chi connectivity index (χ3v) is 5.18. The topological polar surface area (TPSA) is 71.5 Å². The summed E-state index contributed by atoms with van der Waals surface area (Å²) in [5.74, 6) is 1.20. The molecule has 2 heterocycles. The van der Waals surface area contributed by atoms with Crippen molar-refractivity contribution in [2.75, 3.05) is 26.7 Å². The normalized spacial score (nSPS) is 14.6. The average Bonchev–Trinajstić information content (AvgIpc) is 2.74. The molecule has 0 saturated carbocycles. The largest absolute Gasteiger partial charge is 0.497 e. The molecule has 0 spiro atoms. The molecule has 6 nitrogen and oxygen atoms in total. The number of piperidine rings is 1. The molecule has 0 bridgehead atoms. The van der Waals surface area contributed by atoms with Gasteiger partial charge in [-0.3, -0.25) is 14.6 Å². The quantitative estimate of drug-likeness (QED) is 0.835. The lowest BCUT2D eigenvalue weighted by Gasteiger charge is -2.30. The summed E-state index contributed by atoms with van der Waals surface area (Å²) in [6, 6.07) is 9.39. The Bertz CT molecular complexity index is 812. The van der Waals surface area contributed by atoms with Gasteiger partial charge in [-0.05, 0) is 48.9 Å². The van der Waals surface area contributed by atoms with E-state index in [2.05, 4.69) is 17.2 Å². The number of hydrogen-bond acceptors (Lipinski definition) is 4. The standard InChI is InChI=1S/C22H27N3O3/c1-16-8-11-25(12-9-16)22(27)19-13-18(14-23-15-19)21(26)24-10-7-17-3-5-20(28-2)6-4-17/h3-6,13-16H,7-12H2,1-2H3,(H,24,26). The van der Waals surface area contributed by atoms with E-state index in [1.807, 2.05) is 29.2 Å². The lowest BCUT2D eigenvalue weighted by atomic mass is 9.98. The summed E-state index contributed by atoms with van der Waals surface area (Å²) in [5.41, 5.74) is 1.99. The van der Waals surface area contributed by atoms with Gasteiger partial charge in [0.1, 0.15) is 5.75 Å². The highest BCUT2D eigenvalue weighted by Gasteiger charge is 2.22. The summed E-state index contributed by atoms with van der Waals surface area (Å²) < 4.78 is 5.14. The number of carbonyl (C=O) groups is 2. The van der Waals surface area contributed by atoms with Crippen molar-refractivity contribution in [1.82, 2.24) is 15.2 Å². The van der Waals surface area contributed by atoms with Gasteiger partial charge in [0, 0.05) is 32.0 Å². The number of rotatable bonds is 6. The second-order valence-electron chi connectivity index (χ2n) is 7.29. The molecule has 1 fully saturated rings. The van der Waals surface area contributed by atoms with Crippen LogP contribution in [0.25, 0.3) is 0 Å². The number of likely N-dealkylation sites (tertiary alicyclic amines) is 1. The van der Waals surface area contributed by atoms with Gasteiger partial charge in [0.15, 0.2) is 0 Å². The predicted molar refractivity (Wildman–Crippen MR) is 108 cm³/mol. The van der Waals surface area contributed by atoms with E-state index in [9.17, 15) is 9.59 Å². The van der Waals surface area contributed by atoms with Crippen molar-refractivity contribution >= 4 is 11.8 Å². The van der Waals surface area contributed by atoms with Gasteiger partial charge in [-0.25, -0.2) is 0 Å². The second kappa shape index (κ2) is 9.35. The Labute approximate surface area is 165 Å². The van der Waals surface area contributed by atoms with E-state index < -0.39 is 0 Å². The highest BCUT2D eigenvalue weighted by molar-refractivity contribution is 5.99. The molecule has 0 radical (unpaired) electrons. The SMILES string of the molecule is COc1ccc(CCNC(=O)c2cncc(C(=O)N3CCC(C)CC3)c2)cc1. The number of nitrogens with zero attached hydrogens (tertiary/aromatic N) is 2. The van der Waals surface area contributed by atoms with Crippen LogP contribution in [0.3, 0.4) is 0 Å². The zero-order chi connectivity index (χ0) is 19.9. The van der Waals surface area contributed by atoms with Gasteiger partial charge < -0.3 is 15.0 Å². The molecule has 3 rings (SSSR count). The van der Waals surface area contributed by atoms with Gasteiger partial charge in [-0.15, -0.1) is 0 Å². The summed E-state index contributed by atoms with van der Waals surface area (Å²) in [4.78, 5) is 31.1. The Morgan fingerprint density at radius 3 is 2.50 bits per heavy atom. The summed E-state index contributed by atoms with van der Waals surface area (Å²) in [5, 5.41) is 2.89. The summed E-state index contributed by atoms with van der Waals surface area (Å²) in [7, 11) is 1.63. The molecule has 0 aliphatic carbocycles. The van der Waals surface area contributed by atoms with Crippen molar-refractivity contribution < 1.29 is 14.3 Å². The van der Waals surface area contributed by atoms with E-state index in [4.69, 9.17) is 4.74 Å². The monoisotopic (exact) mass is 381 g/mol. The number of pyridine rings is 1. The number of aromatic nitrogens is 1. The van der Waals surface area contributed by atoms with E-state index in [1.165, 1.54) is 12.4 Å². The zero-order valence-electron chi connectivity index (χ0n) is 16.5. The second-order valence-corrected chi connectivity index (χ2v) is 7.29. The number of methoxy groups -OCH3 is 1. The molecular formula is C22H27N3O3. The van der Waals surface area contributed by atoms with E-state index >= 15 is 0 Å². The molecule has 1 saturated heterocycles. The molecular weight excluding hydrogens is 354 g/mol. The molecule has 2 amide bonds. The van der Waals surface area contributed by atoms with E-state index in [1.54, 1.807) is 13.2 Å². The van der Waals surface area contributed by atoms with Crippen molar-refractivity contribution in [1.29, 1.82) is 0 Å². The molecule has 1 aromatic heterocycles. The van der Waals surface area contributed by atoms with E-state index in [0.29, 0.717) is 30.0 Å². The first-order chi connectivity index (χ1) is 13.6. The molecule has 1 aliphatic rings. The van der Waals surface area contributed by atoms with Gasteiger partial charge in [-0.1, -0.05) is 19.1 Å². The Kier molecular flexibility index (Phi) is 6.63. The van der Waals surface area contributed by atoms with Gasteiger partial charge in [-0.2, -0.15) is 0 Å². The summed E-state index contributed by atoms with van der Waals surface area (Å²) >= 11 is 0. The Morgan fingerprint density at radius 2 is 1.82 bits per heavy atom. The fourth-order valence-electron chi connectivity index (χ4n) is 3.29. The van der Waals surface area contributed by atoms with Crippen molar-refractivity contribution in [2.45, 2.75) is 26.2 Å². The van der Waals surface area contributed by atoms with Crippen molar-refractivity contribution in [3.05, 3.63) is 59.4 Å². The zero-order valence-corrected chi connectivity index (χ0v) is 16.5. The fraction of sp³-hybridized carbons (Fsp3) is 0.409.